The first kappa shape index (κ1) is 11.7. The van der Waals surface area contributed by atoms with Gasteiger partial charge in [-0.3, -0.25) is 0 Å². The highest BCUT2D eigenvalue weighted by Crippen LogP contribution is 2.41. The van der Waals surface area contributed by atoms with Crippen LogP contribution in [0.25, 0.3) is 0 Å². The van der Waals surface area contributed by atoms with E-state index in [0.717, 1.165) is 23.7 Å². The second kappa shape index (κ2) is 4.06. The second-order valence-electron chi connectivity index (χ2n) is 5.31. The van der Waals surface area contributed by atoms with Crippen molar-refractivity contribution in [2.24, 2.45) is 0 Å². The summed E-state index contributed by atoms with van der Waals surface area (Å²) in [6.07, 6.45) is 1.64. The Morgan fingerprint density at radius 2 is 2.11 bits per heavy atom. The van der Waals surface area contributed by atoms with Crippen LogP contribution in [0.5, 0.6) is 5.75 Å². The van der Waals surface area contributed by atoms with Crippen LogP contribution in [0.2, 0.25) is 0 Å². The van der Waals surface area contributed by atoms with Gasteiger partial charge in [0.1, 0.15) is 16.9 Å². The summed E-state index contributed by atoms with van der Waals surface area (Å²) in [7, 11) is 0. The van der Waals surface area contributed by atoms with E-state index in [0.29, 0.717) is 0 Å². The number of halogens is 1. The molecule has 3 heteroatoms. The first-order valence-corrected chi connectivity index (χ1v) is 6.46. The monoisotopic (exact) mass is 262 g/mol. The number of furan rings is 1. The molecule has 1 aliphatic rings. The van der Waals surface area contributed by atoms with Crippen LogP contribution in [0.1, 0.15) is 36.1 Å². The third-order valence-electron chi connectivity index (χ3n) is 3.41. The molecule has 0 fully saturated rings. The zero-order valence-corrected chi connectivity index (χ0v) is 11.2. The largest absolute Gasteiger partial charge is 0.492 e. The Morgan fingerprint density at radius 3 is 2.83 bits per heavy atom. The molecular formula is C15H15ClO2. The van der Waals surface area contributed by atoms with E-state index in [1.165, 1.54) is 5.56 Å². The lowest BCUT2D eigenvalue weighted by molar-refractivity contribution is 0.291. The first-order chi connectivity index (χ1) is 8.58. The summed E-state index contributed by atoms with van der Waals surface area (Å²) in [5.41, 5.74) is 2.31. The summed E-state index contributed by atoms with van der Waals surface area (Å²) < 4.78 is 11.0. The van der Waals surface area contributed by atoms with Crippen LogP contribution in [0.3, 0.4) is 0 Å². The van der Waals surface area contributed by atoms with Gasteiger partial charge in [-0.2, -0.15) is 0 Å². The van der Waals surface area contributed by atoms with E-state index in [2.05, 4.69) is 19.9 Å². The third kappa shape index (κ3) is 1.81. The molecule has 94 valence electrons. The van der Waals surface area contributed by atoms with Crippen molar-refractivity contribution >= 4 is 11.6 Å². The minimum atomic E-state index is -0.248. The van der Waals surface area contributed by atoms with Gasteiger partial charge in [-0.15, -0.1) is 11.6 Å². The smallest absolute Gasteiger partial charge is 0.126 e. The van der Waals surface area contributed by atoms with Gasteiger partial charge in [0.25, 0.3) is 0 Å². The van der Waals surface area contributed by atoms with E-state index >= 15 is 0 Å². The maximum atomic E-state index is 6.43. The lowest BCUT2D eigenvalue weighted by Crippen LogP contribution is -2.18. The molecule has 1 atom stereocenters. The SMILES string of the molecule is CC1(C)COc2ccc(C(Cl)c3ccco3)cc21. The Bertz CT molecular complexity index is 558. The van der Waals surface area contributed by atoms with Crippen molar-refractivity contribution in [1.29, 1.82) is 0 Å². The van der Waals surface area contributed by atoms with E-state index in [9.17, 15) is 0 Å². The molecule has 0 amide bonds. The topological polar surface area (TPSA) is 22.4 Å². The van der Waals surface area contributed by atoms with Gasteiger partial charge in [-0.1, -0.05) is 19.9 Å². The maximum Gasteiger partial charge on any atom is 0.126 e. The van der Waals surface area contributed by atoms with Gasteiger partial charge < -0.3 is 9.15 Å². The van der Waals surface area contributed by atoms with Gasteiger partial charge >= 0.3 is 0 Å². The number of alkyl halides is 1. The molecule has 0 saturated carbocycles. The Morgan fingerprint density at radius 1 is 1.28 bits per heavy atom. The predicted octanol–water partition coefficient (Wildman–Crippen LogP) is 4.28. The molecular weight excluding hydrogens is 248 g/mol. The fourth-order valence-corrected chi connectivity index (χ4v) is 2.56. The van der Waals surface area contributed by atoms with Crippen molar-refractivity contribution in [3.05, 3.63) is 53.5 Å². The Balaban J connectivity index is 2.00. The zero-order chi connectivity index (χ0) is 12.8. The number of hydrogen-bond acceptors (Lipinski definition) is 2. The van der Waals surface area contributed by atoms with Crippen LogP contribution >= 0.6 is 11.6 Å². The highest BCUT2D eigenvalue weighted by Gasteiger charge is 2.32. The quantitative estimate of drug-likeness (QED) is 0.754. The van der Waals surface area contributed by atoms with Crippen LogP contribution in [0.15, 0.2) is 41.0 Å². The number of ether oxygens (including phenoxy) is 1. The molecule has 0 saturated heterocycles. The van der Waals surface area contributed by atoms with Crippen LogP contribution < -0.4 is 4.74 Å². The van der Waals surface area contributed by atoms with Gasteiger partial charge in [-0.05, 0) is 29.8 Å². The van der Waals surface area contributed by atoms with E-state index in [1.807, 2.05) is 24.3 Å². The van der Waals surface area contributed by atoms with Crippen LogP contribution in [-0.4, -0.2) is 6.61 Å². The van der Waals surface area contributed by atoms with Crippen LogP contribution in [-0.2, 0) is 5.41 Å². The molecule has 1 unspecified atom stereocenters. The summed E-state index contributed by atoms with van der Waals surface area (Å²) in [6.45, 7) is 5.08. The minimum absolute atomic E-state index is 0.0467. The Kier molecular flexibility index (Phi) is 2.63. The summed E-state index contributed by atoms with van der Waals surface area (Å²) in [5.74, 6) is 1.74. The van der Waals surface area contributed by atoms with E-state index in [1.54, 1.807) is 6.26 Å². The zero-order valence-electron chi connectivity index (χ0n) is 10.4. The fraction of sp³-hybridized carbons (Fsp3) is 0.333. The van der Waals surface area contributed by atoms with E-state index in [-0.39, 0.29) is 10.8 Å². The molecule has 1 aromatic carbocycles. The Hall–Kier alpha value is -1.41. The van der Waals surface area contributed by atoms with Crippen LogP contribution in [0, 0.1) is 0 Å². The molecule has 2 heterocycles. The molecule has 1 aliphatic heterocycles. The van der Waals surface area contributed by atoms with E-state index < -0.39 is 0 Å². The standard InChI is InChI=1S/C15H15ClO2/c1-15(2)9-18-12-6-5-10(8-11(12)15)14(16)13-4-3-7-17-13/h3-8,14H,9H2,1-2H3. The molecule has 0 spiro atoms. The average Bonchev–Trinajstić information content (AvgIpc) is 2.97. The van der Waals surface area contributed by atoms with Crippen molar-refractivity contribution in [3.8, 4) is 5.75 Å². The molecule has 1 aromatic heterocycles. The molecule has 2 nitrogen and oxygen atoms in total. The molecule has 18 heavy (non-hydrogen) atoms. The van der Waals surface area contributed by atoms with Gasteiger partial charge in [-0.25, -0.2) is 0 Å². The molecule has 0 aliphatic carbocycles. The minimum Gasteiger partial charge on any atom is -0.492 e. The molecule has 0 N–H and O–H groups in total. The number of benzene rings is 1. The Labute approximate surface area is 112 Å². The number of hydrogen-bond donors (Lipinski definition) is 0. The predicted molar refractivity (Wildman–Crippen MR) is 71.4 cm³/mol. The van der Waals surface area contributed by atoms with Gasteiger partial charge in [0.2, 0.25) is 0 Å². The molecule has 2 aromatic rings. The maximum absolute atomic E-state index is 6.43. The fourth-order valence-electron chi connectivity index (χ4n) is 2.30. The molecule has 0 radical (unpaired) electrons. The lowest BCUT2D eigenvalue weighted by Gasteiger charge is -2.16. The molecule has 3 rings (SSSR count). The van der Waals surface area contributed by atoms with E-state index in [4.69, 9.17) is 20.8 Å². The summed E-state index contributed by atoms with van der Waals surface area (Å²) in [5, 5.41) is -0.248. The van der Waals surface area contributed by atoms with Crippen molar-refractivity contribution in [2.45, 2.75) is 24.6 Å². The highest BCUT2D eigenvalue weighted by atomic mass is 35.5. The van der Waals surface area contributed by atoms with Crippen molar-refractivity contribution < 1.29 is 9.15 Å². The third-order valence-corrected chi connectivity index (χ3v) is 3.87. The second-order valence-corrected chi connectivity index (χ2v) is 5.74. The number of fused-ring (bicyclic) bond motifs is 1. The van der Waals surface area contributed by atoms with Crippen molar-refractivity contribution in [3.63, 3.8) is 0 Å². The van der Waals surface area contributed by atoms with Gasteiger partial charge in [0, 0.05) is 11.0 Å². The summed E-state index contributed by atoms with van der Waals surface area (Å²) >= 11 is 6.43. The van der Waals surface area contributed by atoms with Crippen molar-refractivity contribution in [1.82, 2.24) is 0 Å². The van der Waals surface area contributed by atoms with Gasteiger partial charge in [0.15, 0.2) is 0 Å². The lowest BCUT2D eigenvalue weighted by atomic mass is 9.86. The summed E-state index contributed by atoms with van der Waals surface area (Å²) in [4.78, 5) is 0. The summed E-state index contributed by atoms with van der Waals surface area (Å²) in [6, 6.07) is 9.87. The van der Waals surface area contributed by atoms with Crippen LogP contribution in [0.4, 0.5) is 0 Å². The number of rotatable bonds is 2. The highest BCUT2D eigenvalue weighted by molar-refractivity contribution is 6.22. The first-order valence-electron chi connectivity index (χ1n) is 6.03. The van der Waals surface area contributed by atoms with Gasteiger partial charge in [0.05, 0.1) is 12.9 Å². The van der Waals surface area contributed by atoms with Crippen molar-refractivity contribution in [2.75, 3.05) is 6.61 Å². The normalized spacial score (nSPS) is 18.2. The average molecular weight is 263 g/mol. The molecule has 0 bridgehead atoms.